The maximum absolute atomic E-state index is 12.2. The molecule has 1 aromatic heterocycles. The molecule has 3 N–H and O–H groups in total. The third-order valence-electron chi connectivity index (χ3n) is 3.62. The van der Waals surface area contributed by atoms with E-state index in [2.05, 4.69) is 4.98 Å². The van der Waals surface area contributed by atoms with Crippen molar-refractivity contribution in [3.63, 3.8) is 0 Å². The Balaban J connectivity index is 2.09. The smallest absolute Gasteiger partial charge is 0.270 e. The van der Waals surface area contributed by atoms with Crippen LogP contribution < -0.4 is 5.73 Å². The zero-order chi connectivity index (χ0) is 12.4. The summed E-state index contributed by atoms with van der Waals surface area (Å²) in [5.41, 5.74) is 6.28. The number of H-pyrrole nitrogens is 1. The second-order valence-corrected chi connectivity index (χ2v) is 5.08. The number of hydrogen-bond acceptors (Lipinski definition) is 2. The summed E-state index contributed by atoms with van der Waals surface area (Å²) >= 11 is 5.80. The Morgan fingerprint density at radius 2 is 2.41 bits per heavy atom. The fraction of sp³-hybridized carbons (Fsp3) is 0.583. The Morgan fingerprint density at radius 1 is 1.65 bits per heavy atom. The minimum Gasteiger partial charge on any atom is -0.356 e. The molecule has 94 valence electrons. The molecule has 0 radical (unpaired) electrons. The van der Waals surface area contributed by atoms with E-state index in [0.717, 1.165) is 19.3 Å². The Bertz CT molecular complexity index is 404. The Kier molecular flexibility index (Phi) is 3.74. The van der Waals surface area contributed by atoms with Gasteiger partial charge in [0.05, 0.1) is 5.02 Å². The molecule has 1 aliphatic rings. The van der Waals surface area contributed by atoms with Gasteiger partial charge in [-0.05, 0) is 31.4 Å². The highest BCUT2D eigenvalue weighted by atomic mass is 35.5. The third kappa shape index (κ3) is 2.48. The van der Waals surface area contributed by atoms with Gasteiger partial charge in [0.25, 0.3) is 5.91 Å². The number of hydrogen-bond donors (Lipinski definition) is 2. The summed E-state index contributed by atoms with van der Waals surface area (Å²) in [5.74, 6) is 0.414. The molecule has 2 rings (SSSR count). The van der Waals surface area contributed by atoms with Gasteiger partial charge in [0.2, 0.25) is 0 Å². The lowest BCUT2D eigenvalue weighted by Crippen LogP contribution is -2.41. The lowest BCUT2D eigenvalue weighted by molar-refractivity contribution is 0.0694. The molecule has 5 heteroatoms. The van der Waals surface area contributed by atoms with E-state index in [1.165, 1.54) is 0 Å². The first-order valence-corrected chi connectivity index (χ1v) is 6.32. The number of nitrogens with two attached hydrogens (primary N) is 1. The van der Waals surface area contributed by atoms with E-state index in [4.69, 9.17) is 17.3 Å². The number of nitrogens with one attached hydrogen (secondary N) is 1. The number of carbonyl (C=O) groups excluding carboxylic acids is 1. The van der Waals surface area contributed by atoms with E-state index in [9.17, 15) is 4.79 Å². The summed E-state index contributed by atoms with van der Waals surface area (Å²) in [7, 11) is 1.84. The van der Waals surface area contributed by atoms with Crippen molar-refractivity contribution >= 4 is 17.5 Å². The molecule has 0 spiro atoms. The normalized spacial score (nSPS) is 23.9. The van der Waals surface area contributed by atoms with Crippen LogP contribution >= 0.6 is 11.6 Å². The van der Waals surface area contributed by atoms with Crippen molar-refractivity contribution in [2.24, 2.45) is 11.7 Å². The van der Waals surface area contributed by atoms with Gasteiger partial charge in [0.1, 0.15) is 5.69 Å². The number of carbonyl (C=O) groups is 1. The van der Waals surface area contributed by atoms with E-state index in [0.29, 0.717) is 23.2 Å². The SMILES string of the molecule is CN(C(=O)c1cc(Cl)c[nH]1)C1CCCC1CN. The lowest BCUT2D eigenvalue weighted by atomic mass is 10.0. The van der Waals surface area contributed by atoms with Gasteiger partial charge in [0, 0.05) is 19.3 Å². The number of nitrogens with zero attached hydrogens (tertiary/aromatic N) is 1. The highest BCUT2D eigenvalue weighted by molar-refractivity contribution is 6.30. The molecule has 17 heavy (non-hydrogen) atoms. The molecule has 1 aromatic rings. The summed E-state index contributed by atoms with van der Waals surface area (Å²) in [6.45, 7) is 0.647. The number of amides is 1. The Labute approximate surface area is 106 Å². The van der Waals surface area contributed by atoms with Gasteiger partial charge < -0.3 is 15.6 Å². The largest absolute Gasteiger partial charge is 0.356 e. The standard InChI is InChI=1S/C12H18ClN3O/c1-16(11-4-2-3-8(11)6-14)12(17)10-5-9(13)7-15-10/h5,7-8,11,15H,2-4,6,14H2,1H3. The molecular weight excluding hydrogens is 238 g/mol. The lowest BCUT2D eigenvalue weighted by Gasteiger charge is -2.28. The highest BCUT2D eigenvalue weighted by Gasteiger charge is 2.32. The van der Waals surface area contributed by atoms with Crippen LogP contribution in [0.1, 0.15) is 29.8 Å². The molecule has 1 saturated carbocycles. The minimum absolute atomic E-state index is 0.0118. The number of rotatable bonds is 3. The van der Waals surface area contributed by atoms with Crippen LogP contribution in [-0.2, 0) is 0 Å². The topological polar surface area (TPSA) is 62.1 Å². The van der Waals surface area contributed by atoms with Crippen LogP contribution in [0, 0.1) is 5.92 Å². The van der Waals surface area contributed by atoms with Gasteiger partial charge in [-0.3, -0.25) is 4.79 Å². The average molecular weight is 256 g/mol. The van der Waals surface area contributed by atoms with Gasteiger partial charge in [-0.15, -0.1) is 0 Å². The van der Waals surface area contributed by atoms with Crippen LogP contribution in [0.15, 0.2) is 12.3 Å². The average Bonchev–Trinajstić information content (AvgIpc) is 2.95. The maximum Gasteiger partial charge on any atom is 0.270 e. The molecule has 1 aliphatic carbocycles. The number of aromatic amines is 1. The second kappa shape index (κ2) is 5.10. The fourth-order valence-corrected chi connectivity index (χ4v) is 2.80. The summed E-state index contributed by atoms with van der Waals surface area (Å²) in [6.07, 6.45) is 4.93. The van der Waals surface area contributed by atoms with Crippen LogP contribution in [0.2, 0.25) is 5.02 Å². The predicted molar refractivity (Wildman–Crippen MR) is 68.1 cm³/mol. The Hall–Kier alpha value is -1.00. The molecule has 1 amide bonds. The van der Waals surface area contributed by atoms with Gasteiger partial charge >= 0.3 is 0 Å². The second-order valence-electron chi connectivity index (χ2n) is 4.64. The maximum atomic E-state index is 12.2. The zero-order valence-corrected chi connectivity index (χ0v) is 10.7. The summed E-state index contributed by atoms with van der Waals surface area (Å²) in [5, 5.41) is 0.559. The van der Waals surface area contributed by atoms with Crippen molar-refractivity contribution in [2.45, 2.75) is 25.3 Å². The van der Waals surface area contributed by atoms with E-state index in [1.54, 1.807) is 17.2 Å². The molecule has 1 heterocycles. The molecule has 0 aliphatic heterocycles. The van der Waals surface area contributed by atoms with Crippen LogP contribution in [-0.4, -0.2) is 35.4 Å². The first kappa shape index (κ1) is 12.5. The summed E-state index contributed by atoms with van der Waals surface area (Å²) in [6, 6.07) is 1.92. The highest BCUT2D eigenvalue weighted by Crippen LogP contribution is 2.29. The molecule has 0 aromatic carbocycles. The van der Waals surface area contributed by atoms with Crippen molar-refractivity contribution in [2.75, 3.05) is 13.6 Å². The van der Waals surface area contributed by atoms with Crippen LogP contribution in [0.4, 0.5) is 0 Å². The summed E-state index contributed by atoms with van der Waals surface area (Å²) < 4.78 is 0. The van der Waals surface area contributed by atoms with Crippen LogP contribution in [0.25, 0.3) is 0 Å². The quantitative estimate of drug-likeness (QED) is 0.866. The first-order chi connectivity index (χ1) is 8.13. The van der Waals surface area contributed by atoms with Crippen LogP contribution in [0.3, 0.4) is 0 Å². The van der Waals surface area contributed by atoms with Crippen molar-refractivity contribution in [1.29, 1.82) is 0 Å². The van der Waals surface area contributed by atoms with Gasteiger partial charge in [-0.25, -0.2) is 0 Å². The van der Waals surface area contributed by atoms with E-state index in [-0.39, 0.29) is 11.9 Å². The predicted octanol–water partition coefficient (Wildman–Crippen LogP) is 1.87. The van der Waals surface area contributed by atoms with Crippen molar-refractivity contribution in [3.8, 4) is 0 Å². The van der Waals surface area contributed by atoms with Crippen molar-refractivity contribution < 1.29 is 4.79 Å². The van der Waals surface area contributed by atoms with Gasteiger partial charge in [-0.1, -0.05) is 18.0 Å². The molecule has 0 saturated heterocycles. The molecule has 2 atom stereocenters. The molecule has 4 nitrogen and oxygen atoms in total. The summed E-state index contributed by atoms with van der Waals surface area (Å²) in [4.78, 5) is 16.9. The molecule has 0 bridgehead atoms. The van der Waals surface area contributed by atoms with Gasteiger partial charge in [0.15, 0.2) is 0 Å². The van der Waals surface area contributed by atoms with Crippen molar-refractivity contribution in [1.82, 2.24) is 9.88 Å². The van der Waals surface area contributed by atoms with Crippen LogP contribution in [0.5, 0.6) is 0 Å². The van der Waals surface area contributed by atoms with Gasteiger partial charge in [-0.2, -0.15) is 0 Å². The zero-order valence-electron chi connectivity index (χ0n) is 9.95. The first-order valence-electron chi connectivity index (χ1n) is 5.94. The van der Waals surface area contributed by atoms with E-state index in [1.807, 2.05) is 7.05 Å². The number of halogens is 1. The Morgan fingerprint density at radius 3 is 3.00 bits per heavy atom. The third-order valence-corrected chi connectivity index (χ3v) is 3.84. The number of aromatic nitrogens is 1. The molecule has 2 unspecified atom stereocenters. The van der Waals surface area contributed by atoms with E-state index < -0.39 is 0 Å². The monoisotopic (exact) mass is 255 g/mol. The minimum atomic E-state index is -0.0118. The molecular formula is C12H18ClN3O. The van der Waals surface area contributed by atoms with E-state index >= 15 is 0 Å². The van der Waals surface area contributed by atoms with Crippen molar-refractivity contribution in [3.05, 3.63) is 23.0 Å². The molecule has 1 fully saturated rings. The fourth-order valence-electron chi connectivity index (χ4n) is 2.63.